The topological polar surface area (TPSA) is 43.8 Å². The maximum Gasteiger partial charge on any atom is 0.149 e. The molecule has 2 aromatic heterocycles. The van der Waals surface area contributed by atoms with E-state index in [4.69, 9.17) is 5.73 Å². The lowest BCUT2D eigenvalue weighted by molar-refractivity contribution is 0.704. The van der Waals surface area contributed by atoms with Gasteiger partial charge in [0.15, 0.2) is 0 Å². The third kappa shape index (κ3) is 2.69. The van der Waals surface area contributed by atoms with Gasteiger partial charge in [0.05, 0.1) is 4.88 Å². The summed E-state index contributed by atoms with van der Waals surface area (Å²) < 4.78 is 2.20. The van der Waals surface area contributed by atoms with E-state index < -0.39 is 0 Å². The molecule has 0 bridgehead atoms. The number of hydrogen-bond donors (Lipinski definition) is 1. The van der Waals surface area contributed by atoms with Gasteiger partial charge in [0, 0.05) is 24.6 Å². The van der Waals surface area contributed by atoms with E-state index in [1.165, 1.54) is 10.4 Å². The highest BCUT2D eigenvalue weighted by Gasteiger charge is 2.06. The fourth-order valence-electron chi connectivity index (χ4n) is 2.05. The van der Waals surface area contributed by atoms with E-state index in [2.05, 4.69) is 39.2 Å². The van der Waals surface area contributed by atoms with E-state index in [9.17, 15) is 0 Å². The third-order valence-corrected chi connectivity index (χ3v) is 3.94. The van der Waals surface area contributed by atoms with Crippen molar-refractivity contribution >= 4 is 17.0 Å². The van der Waals surface area contributed by atoms with E-state index in [1.807, 2.05) is 24.5 Å². The van der Waals surface area contributed by atoms with Crippen molar-refractivity contribution in [1.29, 1.82) is 0 Å². The lowest BCUT2D eigenvalue weighted by Gasteiger charge is -2.07. The first-order valence-electron chi connectivity index (χ1n) is 6.22. The Bertz CT molecular complexity index is 638. The summed E-state index contributed by atoms with van der Waals surface area (Å²) in [5.41, 5.74) is 7.79. The zero-order chi connectivity index (χ0) is 13.1. The van der Waals surface area contributed by atoms with Gasteiger partial charge >= 0.3 is 0 Å². The average Bonchev–Trinajstić information content (AvgIpc) is 3.08. The van der Waals surface area contributed by atoms with Crippen LogP contribution >= 0.6 is 11.3 Å². The van der Waals surface area contributed by atoms with E-state index in [0.717, 1.165) is 24.5 Å². The second-order valence-electron chi connectivity index (χ2n) is 4.41. The molecule has 3 nitrogen and oxygen atoms in total. The highest BCUT2D eigenvalue weighted by molar-refractivity contribution is 7.13. The Labute approximate surface area is 116 Å². The predicted octanol–water partition coefficient (Wildman–Crippen LogP) is 3.44. The molecule has 3 rings (SSSR count). The minimum absolute atomic E-state index is 0.811. The van der Waals surface area contributed by atoms with Gasteiger partial charge in [-0.2, -0.15) is 0 Å². The van der Waals surface area contributed by atoms with Crippen LogP contribution in [0.3, 0.4) is 0 Å². The van der Waals surface area contributed by atoms with Crippen LogP contribution in [0.4, 0.5) is 5.69 Å². The van der Waals surface area contributed by atoms with Crippen molar-refractivity contribution in [2.24, 2.45) is 0 Å². The summed E-state index contributed by atoms with van der Waals surface area (Å²) in [5, 5.41) is 2.08. The van der Waals surface area contributed by atoms with Gasteiger partial charge in [0.2, 0.25) is 0 Å². The minimum Gasteiger partial charge on any atom is -0.399 e. The van der Waals surface area contributed by atoms with E-state index >= 15 is 0 Å². The molecule has 4 heteroatoms. The number of nitrogens with two attached hydrogens (primary N) is 1. The summed E-state index contributed by atoms with van der Waals surface area (Å²) in [5.74, 6) is 1.05. The van der Waals surface area contributed by atoms with Crippen LogP contribution in [0.1, 0.15) is 5.56 Å². The predicted molar refractivity (Wildman–Crippen MR) is 80.1 cm³/mol. The molecule has 96 valence electrons. The van der Waals surface area contributed by atoms with E-state index in [-0.39, 0.29) is 0 Å². The molecule has 2 N–H and O–H groups in total. The molecule has 2 heterocycles. The van der Waals surface area contributed by atoms with Crippen LogP contribution in [-0.2, 0) is 13.0 Å². The number of benzene rings is 1. The van der Waals surface area contributed by atoms with Crippen molar-refractivity contribution in [2.45, 2.75) is 13.0 Å². The maximum atomic E-state index is 5.69. The van der Waals surface area contributed by atoms with Crippen molar-refractivity contribution in [2.75, 3.05) is 5.73 Å². The van der Waals surface area contributed by atoms with Crippen LogP contribution < -0.4 is 5.73 Å². The molecule has 0 aliphatic rings. The van der Waals surface area contributed by atoms with Crippen LogP contribution in [-0.4, -0.2) is 9.55 Å². The van der Waals surface area contributed by atoms with Crippen LogP contribution in [0.25, 0.3) is 10.7 Å². The molecule has 0 saturated heterocycles. The van der Waals surface area contributed by atoms with E-state index in [1.54, 1.807) is 11.3 Å². The quantitative estimate of drug-likeness (QED) is 0.737. The summed E-state index contributed by atoms with van der Waals surface area (Å²) in [7, 11) is 0. The number of hydrogen-bond acceptors (Lipinski definition) is 3. The van der Waals surface area contributed by atoms with Crippen molar-refractivity contribution in [3.05, 3.63) is 59.7 Å². The largest absolute Gasteiger partial charge is 0.399 e. The molecule has 3 aromatic rings. The standard InChI is InChI=1S/C15H15N3S/c16-13-5-3-12(4-6-13)7-9-18-10-8-17-15(18)14-2-1-11-19-14/h1-6,8,10-11H,7,9,16H2. The van der Waals surface area contributed by atoms with Gasteiger partial charge in [-0.25, -0.2) is 4.98 Å². The Morgan fingerprint density at radius 1 is 1.16 bits per heavy atom. The molecule has 0 radical (unpaired) electrons. The number of nitrogen functional groups attached to an aromatic ring is 1. The van der Waals surface area contributed by atoms with Gasteiger partial charge < -0.3 is 10.3 Å². The second-order valence-corrected chi connectivity index (χ2v) is 5.36. The number of nitrogens with zero attached hydrogens (tertiary/aromatic N) is 2. The number of aromatic nitrogens is 2. The molecule has 0 atom stereocenters. The van der Waals surface area contributed by atoms with Gasteiger partial charge in [-0.05, 0) is 35.6 Å². The first kappa shape index (κ1) is 12.0. The molecule has 0 amide bonds. The smallest absolute Gasteiger partial charge is 0.149 e. The molecule has 0 saturated carbocycles. The molecule has 0 aliphatic carbocycles. The number of aryl methyl sites for hydroxylation is 2. The zero-order valence-corrected chi connectivity index (χ0v) is 11.3. The highest BCUT2D eigenvalue weighted by Crippen LogP contribution is 2.23. The Morgan fingerprint density at radius 2 is 2.00 bits per heavy atom. The summed E-state index contributed by atoms with van der Waals surface area (Å²) in [6.45, 7) is 0.928. The van der Waals surface area contributed by atoms with Crippen molar-refractivity contribution in [3.8, 4) is 10.7 Å². The molecule has 0 spiro atoms. The molecule has 1 aromatic carbocycles. The van der Waals surface area contributed by atoms with Crippen molar-refractivity contribution in [3.63, 3.8) is 0 Å². The fourth-order valence-corrected chi connectivity index (χ4v) is 2.79. The van der Waals surface area contributed by atoms with Crippen LogP contribution in [0.2, 0.25) is 0 Å². The fraction of sp³-hybridized carbons (Fsp3) is 0.133. The number of imidazole rings is 1. The van der Waals surface area contributed by atoms with Crippen LogP contribution in [0.5, 0.6) is 0 Å². The SMILES string of the molecule is Nc1ccc(CCn2ccnc2-c2cccs2)cc1. The van der Waals surface area contributed by atoms with Crippen molar-refractivity contribution in [1.82, 2.24) is 9.55 Å². The van der Waals surface area contributed by atoms with Gasteiger partial charge in [-0.3, -0.25) is 0 Å². The summed E-state index contributed by atoms with van der Waals surface area (Å²) in [4.78, 5) is 5.65. The summed E-state index contributed by atoms with van der Waals surface area (Å²) >= 11 is 1.72. The Hall–Kier alpha value is -2.07. The molecule has 0 aliphatic heterocycles. The number of anilines is 1. The molecule has 0 fully saturated rings. The summed E-state index contributed by atoms with van der Waals surface area (Å²) in [6.07, 6.45) is 4.87. The summed E-state index contributed by atoms with van der Waals surface area (Å²) in [6, 6.07) is 12.2. The van der Waals surface area contributed by atoms with Gasteiger partial charge in [-0.1, -0.05) is 18.2 Å². The first-order valence-corrected chi connectivity index (χ1v) is 7.10. The van der Waals surface area contributed by atoms with Crippen LogP contribution in [0.15, 0.2) is 54.2 Å². The third-order valence-electron chi connectivity index (χ3n) is 3.08. The Morgan fingerprint density at radius 3 is 2.74 bits per heavy atom. The Kier molecular flexibility index (Phi) is 3.33. The Balaban J connectivity index is 1.74. The second kappa shape index (κ2) is 5.28. The molecule has 19 heavy (non-hydrogen) atoms. The normalized spacial score (nSPS) is 10.7. The zero-order valence-electron chi connectivity index (χ0n) is 10.5. The average molecular weight is 269 g/mol. The van der Waals surface area contributed by atoms with Gasteiger partial charge in [-0.15, -0.1) is 11.3 Å². The number of rotatable bonds is 4. The monoisotopic (exact) mass is 269 g/mol. The molecular formula is C15H15N3S. The first-order chi connectivity index (χ1) is 9.33. The minimum atomic E-state index is 0.811. The van der Waals surface area contributed by atoms with Crippen LogP contribution in [0, 0.1) is 0 Å². The highest BCUT2D eigenvalue weighted by atomic mass is 32.1. The number of thiophene rings is 1. The lowest BCUT2D eigenvalue weighted by Crippen LogP contribution is -2.02. The van der Waals surface area contributed by atoms with E-state index in [0.29, 0.717) is 0 Å². The maximum absolute atomic E-state index is 5.69. The van der Waals surface area contributed by atoms with Gasteiger partial charge in [0.25, 0.3) is 0 Å². The van der Waals surface area contributed by atoms with Crippen molar-refractivity contribution < 1.29 is 0 Å². The molecular weight excluding hydrogens is 254 g/mol. The lowest BCUT2D eigenvalue weighted by atomic mass is 10.1. The molecule has 0 unspecified atom stereocenters. The van der Waals surface area contributed by atoms with Gasteiger partial charge in [0.1, 0.15) is 5.82 Å².